The van der Waals surface area contributed by atoms with Crippen LogP contribution >= 0.6 is 11.8 Å². The summed E-state index contributed by atoms with van der Waals surface area (Å²) in [6.45, 7) is 2.66. The second-order valence-corrected chi connectivity index (χ2v) is 5.73. The number of hydrogen-bond acceptors (Lipinski definition) is 3. The van der Waals surface area contributed by atoms with Crippen LogP contribution in [-0.2, 0) is 4.79 Å². The summed E-state index contributed by atoms with van der Waals surface area (Å²) in [5.41, 5.74) is -0.755. The Morgan fingerprint density at radius 1 is 1.44 bits per heavy atom. The number of carboxylic acids is 1. The predicted octanol–water partition coefficient (Wildman–Crippen LogP) is 2.62. The van der Waals surface area contributed by atoms with Crippen LogP contribution in [0.1, 0.15) is 19.8 Å². The van der Waals surface area contributed by atoms with Crippen LogP contribution < -0.4 is 5.32 Å². The van der Waals surface area contributed by atoms with E-state index in [0.29, 0.717) is 12.3 Å². The number of rotatable bonds is 7. The first-order valence-corrected chi connectivity index (χ1v) is 7.34. The average Bonchev–Trinajstić information content (AvgIpc) is 3.20. The standard InChI is InChI=1S/C14H19NO2S/c1-2-15-14(13(16)17,11-8-9-11)10-18-12-6-4-3-5-7-12/h3-7,11,15H,2,8-10H2,1H3,(H,16,17). The maximum Gasteiger partial charge on any atom is 0.325 e. The van der Waals surface area contributed by atoms with Gasteiger partial charge in [0.1, 0.15) is 5.54 Å². The van der Waals surface area contributed by atoms with Crippen molar-refractivity contribution in [2.24, 2.45) is 5.92 Å². The Morgan fingerprint density at radius 3 is 2.61 bits per heavy atom. The molecule has 0 radical (unpaired) electrons. The van der Waals surface area contributed by atoms with Crippen LogP contribution in [0.5, 0.6) is 0 Å². The molecule has 98 valence electrons. The third kappa shape index (κ3) is 2.87. The number of thioether (sulfide) groups is 1. The van der Waals surface area contributed by atoms with Gasteiger partial charge >= 0.3 is 5.97 Å². The first-order valence-electron chi connectivity index (χ1n) is 6.35. The SMILES string of the molecule is CCNC(CSc1ccccc1)(C(=O)O)C1CC1. The minimum absolute atomic E-state index is 0.283. The van der Waals surface area contributed by atoms with Crippen molar-refractivity contribution in [1.82, 2.24) is 5.32 Å². The summed E-state index contributed by atoms with van der Waals surface area (Å²) in [5, 5.41) is 12.8. The molecular weight excluding hydrogens is 246 g/mol. The van der Waals surface area contributed by atoms with Gasteiger partial charge in [0.25, 0.3) is 0 Å². The highest BCUT2D eigenvalue weighted by Gasteiger charge is 2.50. The first-order chi connectivity index (χ1) is 8.69. The van der Waals surface area contributed by atoms with Crippen molar-refractivity contribution in [2.75, 3.05) is 12.3 Å². The molecule has 1 atom stereocenters. The number of carboxylic acid groups (broad SMARTS) is 1. The molecule has 0 aromatic heterocycles. The Labute approximate surface area is 112 Å². The molecule has 2 rings (SSSR count). The van der Waals surface area contributed by atoms with Crippen molar-refractivity contribution in [1.29, 1.82) is 0 Å². The maximum atomic E-state index is 11.6. The molecular formula is C14H19NO2S. The minimum Gasteiger partial charge on any atom is -0.480 e. The van der Waals surface area contributed by atoms with Crippen molar-refractivity contribution in [3.05, 3.63) is 30.3 Å². The zero-order valence-corrected chi connectivity index (χ0v) is 11.4. The molecule has 0 heterocycles. The molecule has 1 fully saturated rings. The highest BCUT2D eigenvalue weighted by atomic mass is 32.2. The fraction of sp³-hybridized carbons (Fsp3) is 0.500. The van der Waals surface area contributed by atoms with Gasteiger partial charge in [-0.15, -0.1) is 11.8 Å². The Kier molecular flexibility index (Phi) is 4.30. The smallest absolute Gasteiger partial charge is 0.325 e. The maximum absolute atomic E-state index is 11.6. The van der Waals surface area contributed by atoms with Gasteiger partial charge in [-0.05, 0) is 37.4 Å². The van der Waals surface area contributed by atoms with E-state index in [9.17, 15) is 9.90 Å². The fourth-order valence-corrected chi connectivity index (χ4v) is 3.44. The second kappa shape index (κ2) is 5.76. The van der Waals surface area contributed by atoms with E-state index in [0.717, 1.165) is 17.7 Å². The Balaban J connectivity index is 2.07. The van der Waals surface area contributed by atoms with Crippen molar-refractivity contribution >= 4 is 17.7 Å². The topological polar surface area (TPSA) is 49.3 Å². The van der Waals surface area contributed by atoms with Gasteiger partial charge in [0.2, 0.25) is 0 Å². The lowest BCUT2D eigenvalue weighted by Crippen LogP contribution is -2.56. The van der Waals surface area contributed by atoms with E-state index >= 15 is 0 Å². The highest BCUT2D eigenvalue weighted by molar-refractivity contribution is 7.99. The molecule has 1 aromatic carbocycles. The molecule has 0 bridgehead atoms. The van der Waals surface area contributed by atoms with E-state index in [4.69, 9.17) is 0 Å². The predicted molar refractivity (Wildman–Crippen MR) is 73.9 cm³/mol. The van der Waals surface area contributed by atoms with Gasteiger partial charge in [-0.2, -0.15) is 0 Å². The zero-order valence-electron chi connectivity index (χ0n) is 10.6. The van der Waals surface area contributed by atoms with E-state index in [2.05, 4.69) is 5.32 Å². The van der Waals surface area contributed by atoms with Gasteiger partial charge in [-0.25, -0.2) is 0 Å². The van der Waals surface area contributed by atoms with E-state index in [-0.39, 0.29) is 5.92 Å². The fourth-order valence-electron chi connectivity index (χ4n) is 2.23. The molecule has 1 unspecified atom stereocenters. The summed E-state index contributed by atoms with van der Waals surface area (Å²) in [6, 6.07) is 9.98. The van der Waals surface area contributed by atoms with Crippen LogP contribution in [0.4, 0.5) is 0 Å². The lowest BCUT2D eigenvalue weighted by Gasteiger charge is -2.30. The summed E-state index contributed by atoms with van der Waals surface area (Å²) in [5.74, 6) is 0.159. The van der Waals surface area contributed by atoms with Gasteiger partial charge in [0.05, 0.1) is 0 Å². The van der Waals surface area contributed by atoms with Crippen molar-refractivity contribution in [3.8, 4) is 0 Å². The molecule has 1 aliphatic carbocycles. The van der Waals surface area contributed by atoms with E-state index in [1.807, 2.05) is 37.3 Å². The normalized spacial score (nSPS) is 18.3. The Bertz CT molecular complexity index is 406. The summed E-state index contributed by atoms with van der Waals surface area (Å²) in [4.78, 5) is 12.8. The quantitative estimate of drug-likeness (QED) is 0.744. The minimum atomic E-state index is -0.755. The first kappa shape index (κ1) is 13.4. The van der Waals surface area contributed by atoms with Crippen LogP contribution in [-0.4, -0.2) is 28.9 Å². The molecule has 4 heteroatoms. The second-order valence-electron chi connectivity index (χ2n) is 4.68. The molecule has 3 nitrogen and oxygen atoms in total. The molecule has 0 saturated heterocycles. The molecule has 0 aliphatic heterocycles. The van der Waals surface area contributed by atoms with Crippen molar-refractivity contribution in [3.63, 3.8) is 0 Å². The number of aliphatic carboxylic acids is 1. The zero-order chi connectivity index (χ0) is 13.0. The lowest BCUT2D eigenvalue weighted by atomic mass is 9.96. The largest absolute Gasteiger partial charge is 0.480 e. The Hall–Kier alpha value is -1.00. The molecule has 1 aliphatic rings. The van der Waals surface area contributed by atoms with Crippen LogP contribution in [0.2, 0.25) is 0 Å². The lowest BCUT2D eigenvalue weighted by molar-refractivity contribution is -0.144. The van der Waals surface area contributed by atoms with Gasteiger partial charge in [-0.3, -0.25) is 4.79 Å². The Morgan fingerprint density at radius 2 is 2.11 bits per heavy atom. The third-order valence-corrected chi connectivity index (χ3v) is 4.56. The van der Waals surface area contributed by atoms with Gasteiger partial charge in [0.15, 0.2) is 0 Å². The summed E-state index contributed by atoms with van der Waals surface area (Å²) < 4.78 is 0. The van der Waals surface area contributed by atoms with Crippen LogP contribution in [0.3, 0.4) is 0 Å². The van der Waals surface area contributed by atoms with Crippen LogP contribution in [0.15, 0.2) is 35.2 Å². The van der Waals surface area contributed by atoms with E-state index < -0.39 is 11.5 Å². The summed E-state index contributed by atoms with van der Waals surface area (Å²) >= 11 is 1.62. The van der Waals surface area contributed by atoms with Crippen molar-refractivity contribution in [2.45, 2.75) is 30.2 Å². The number of benzene rings is 1. The summed E-state index contributed by atoms with van der Waals surface area (Å²) in [7, 11) is 0. The molecule has 18 heavy (non-hydrogen) atoms. The molecule has 0 amide bonds. The number of nitrogens with one attached hydrogen (secondary N) is 1. The highest BCUT2D eigenvalue weighted by Crippen LogP contribution is 2.42. The van der Waals surface area contributed by atoms with E-state index in [1.54, 1.807) is 11.8 Å². The van der Waals surface area contributed by atoms with Crippen molar-refractivity contribution < 1.29 is 9.90 Å². The molecule has 0 spiro atoms. The number of likely N-dealkylation sites (N-methyl/N-ethyl adjacent to an activating group) is 1. The molecule has 1 saturated carbocycles. The number of hydrogen-bond donors (Lipinski definition) is 2. The van der Waals surface area contributed by atoms with Crippen LogP contribution in [0.25, 0.3) is 0 Å². The van der Waals surface area contributed by atoms with Gasteiger partial charge in [0, 0.05) is 10.6 Å². The van der Waals surface area contributed by atoms with Gasteiger partial charge in [-0.1, -0.05) is 25.1 Å². The number of carbonyl (C=O) groups is 1. The molecule has 1 aromatic rings. The van der Waals surface area contributed by atoms with Crippen LogP contribution in [0, 0.1) is 5.92 Å². The average molecular weight is 265 g/mol. The van der Waals surface area contributed by atoms with Gasteiger partial charge < -0.3 is 10.4 Å². The summed E-state index contributed by atoms with van der Waals surface area (Å²) in [6.07, 6.45) is 2.04. The van der Waals surface area contributed by atoms with E-state index in [1.165, 1.54) is 0 Å². The monoisotopic (exact) mass is 265 g/mol. The third-order valence-electron chi connectivity index (χ3n) is 3.36. The molecule has 2 N–H and O–H groups in total.